The van der Waals surface area contributed by atoms with Crippen LogP contribution in [0.15, 0.2) is 22.7 Å². The van der Waals surface area contributed by atoms with E-state index in [2.05, 4.69) is 42.0 Å². The van der Waals surface area contributed by atoms with Gasteiger partial charge in [-0.25, -0.2) is 4.39 Å². The van der Waals surface area contributed by atoms with Crippen LogP contribution in [0.1, 0.15) is 32.8 Å². The Kier molecular flexibility index (Phi) is 6.14. The van der Waals surface area contributed by atoms with Gasteiger partial charge in [0.25, 0.3) is 0 Å². The van der Waals surface area contributed by atoms with Crippen LogP contribution in [-0.2, 0) is 6.42 Å². The third-order valence-electron chi connectivity index (χ3n) is 2.84. The van der Waals surface area contributed by atoms with Gasteiger partial charge in [0, 0.05) is 10.5 Å². The van der Waals surface area contributed by atoms with E-state index in [0.29, 0.717) is 12.0 Å². The summed E-state index contributed by atoms with van der Waals surface area (Å²) in [7, 11) is 0. The minimum Gasteiger partial charge on any atom is -0.313 e. The van der Waals surface area contributed by atoms with Gasteiger partial charge in [0.2, 0.25) is 0 Å². The molecule has 0 heterocycles. The molecule has 0 amide bonds. The van der Waals surface area contributed by atoms with Gasteiger partial charge < -0.3 is 5.32 Å². The van der Waals surface area contributed by atoms with Crippen molar-refractivity contribution in [3.63, 3.8) is 0 Å². The Morgan fingerprint density at radius 2 is 2.00 bits per heavy atom. The molecule has 1 N–H and O–H groups in total. The molecule has 0 aliphatic rings. The van der Waals surface area contributed by atoms with E-state index >= 15 is 0 Å². The number of rotatable bonds is 6. The molecule has 3 heteroatoms. The predicted octanol–water partition coefficient (Wildman–Crippen LogP) is 4.15. The van der Waals surface area contributed by atoms with Crippen molar-refractivity contribution in [3.05, 3.63) is 34.1 Å². The summed E-state index contributed by atoms with van der Waals surface area (Å²) in [6.07, 6.45) is 1.99. The van der Waals surface area contributed by atoms with Gasteiger partial charge in [0.15, 0.2) is 0 Å². The maximum absolute atomic E-state index is 13.3. The molecule has 0 aromatic heterocycles. The van der Waals surface area contributed by atoms with Gasteiger partial charge in [-0.1, -0.05) is 36.7 Å². The molecule has 0 radical (unpaired) electrons. The Balaban J connectivity index is 2.71. The van der Waals surface area contributed by atoms with Gasteiger partial charge in [0.1, 0.15) is 5.82 Å². The SMILES string of the molecule is CCCNC(Cc1cc(F)cc(Br)c1)C(C)C. The van der Waals surface area contributed by atoms with Crippen molar-refractivity contribution in [1.82, 2.24) is 5.32 Å². The fourth-order valence-corrected chi connectivity index (χ4v) is 2.37. The average molecular weight is 302 g/mol. The van der Waals surface area contributed by atoms with Gasteiger partial charge in [0.05, 0.1) is 0 Å². The lowest BCUT2D eigenvalue weighted by atomic mass is 9.96. The molecule has 0 saturated heterocycles. The zero-order chi connectivity index (χ0) is 12.8. The van der Waals surface area contributed by atoms with E-state index in [4.69, 9.17) is 0 Å². The van der Waals surface area contributed by atoms with Gasteiger partial charge in [-0.2, -0.15) is 0 Å². The van der Waals surface area contributed by atoms with Crippen LogP contribution in [0, 0.1) is 11.7 Å². The van der Waals surface area contributed by atoms with Crippen LogP contribution in [0.3, 0.4) is 0 Å². The average Bonchev–Trinajstić information content (AvgIpc) is 2.22. The highest BCUT2D eigenvalue weighted by molar-refractivity contribution is 9.10. The summed E-state index contributed by atoms with van der Waals surface area (Å²) in [5, 5.41) is 3.52. The third kappa shape index (κ3) is 5.17. The van der Waals surface area contributed by atoms with Crippen LogP contribution in [0.5, 0.6) is 0 Å². The van der Waals surface area contributed by atoms with Crippen LogP contribution in [0.2, 0.25) is 0 Å². The molecular weight excluding hydrogens is 281 g/mol. The lowest BCUT2D eigenvalue weighted by Crippen LogP contribution is -2.36. The minimum absolute atomic E-state index is 0.174. The van der Waals surface area contributed by atoms with Crippen molar-refractivity contribution in [2.45, 2.75) is 39.7 Å². The van der Waals surface area contributed by atoms with Crippen LogP contribution in [-0.4, -0.2) is 12.6 Å². The van der Waals surface area contributed by atoms with E-state index in [1.807, 2.05) is 6.07 Å². The fraction of sp³-hybridized carbons (Fsp3) is 0.571. The van der Waals surface area contributed by atoms with Crippen molar-refractivity contribution in [3.8, 4) is 0 Å². The molecule has 0 bridgehead atoms. The highest BCUT2D eigenvalue weighted by Crippen LogP contribution is 2.18. The molecule has 0 fully saturated rings. The standard InChI is InChI=1S/C14H21BrFN/c1-4-5-17-14(10(2)3)8-11-6-12(15)9-13(16)7-11/h6-7,9-10,14,17H,4-5,8H2,1-3H3. The number of hydrogen-bond acceptors (Lipinski definition) is 1. The van der Waals surface area contributed by atoms with E-state index in [1.54, 1.807) is 6.07 Å². The van der Waals surface area contributed by atoms with Crippen LogP contribution >= 0.6 is 15.9 Å². The Bertz CT molecular complexity index is 332. The van der Waals surface area contributed by atoms with E-state index < -0.39 is 0 Å². The predicted molar refractivity (Wildman–Crippen MR) is 74.7 cm³/mol. The first kappa shape index (κ1) is 14.7. The highest BCUT2D eigenvalue weighted by atomic mass is 79.9. The second-order valence-corrected chi connectivity index (χ2v) is 5.70. The number of benzene rings is 1. The topological polar surface area (TPSA) is 12.0 Å². The van der Waals surface area contributed by atoms with Crippen molar-refractivity contribution < 1.29 is 4.39 Å². The second kappa shape index (κ2) is 7.12. The van der Waals surface area contributed by atoms with E-state index in [1.165, 1.54) is 6.07 Å². The van der Waals surface area contributed by atoms with Crippen molar-refractivity contribution in [1.29, 1.82) is 0 Å². The number of nitrogens with one attached hydrogen (secondary N) is 1. The van der Waals surface area contributed by atoms with E-state index in [-0.39, 0.29) is 5.82 Å². The lowest BCUT2D eigenvalue weighted by Gasteiger charge is -2.22. The van der Waals surface area contributed by atoms with Gasteiger partial charge in [-0.15, -0.1) is 0 Å². The fourth-order valence-electron chi connectivity index (χ4n) is 1.86. The molecule has 17 heavy (non-hydrogen) atoms. The van der Waals surface area contributed by atoms with Gasteiger partial charge in [-0.3, -0.25) is 0 Å². The number of halogens is 2. The molecule has 1 aromatic rings. The van der Waals surface area contributed by atoms with Crippen molar-refractivity contribution >= 4 is 15.9 Å². The molecule has 0 spiro atoms. The summed E-state index contributed by atoms with van der Waals surface area (Å²) in [5.41, 5.74) is 1.04. The largest absolute Gasteiger partial charge is 0.313 e. The summed E-state index contributed by atoms with van der Waals surface area (Å²) in [6.45, 7) is 7.56. The quantitative estimate of drug-likeness (QED) is 0.832. The monoisotopic (exact) mass is 301 g/mol. The van der Waals surface area contributed by atoms with Crippen LogP contribution in [0.25, 0.3) is 0 Å². The van der Waals surface area contributed by atoms with Gasteiger partial charge >= 0.3 is 0 Å². The van der Waals surface area contributed by atoms with Crippen molar-refractivity contribution in [2.75, 3.05) is 6.54 Å². The minimum atomic E-state index is -0.174. The molecule has 0 saturated carbocycles. The Hall–Kier alpha value is -0.410. The summed E-state index contributed by atoms with van der Waals surface area (Å²) < 4.78 is 14.1. The molecule has 96 valence electrons. The second-order valence-electron chi connectivity index (χ2n) is 4.79. The highest BCUT2D eigenvalue weighted by Gasteiger charge is 2.13. The van der Waals surface area contributed by atoms with E-state index in [9.17, 15) is 4.39 Å². The Morgan fingerprint density at radius 1 is 1.29 bits per heavy atom. The molecule has 1 unspecified atom stereocenters. The molecule has 1 nitrogen and oxygen atoms in total. The third-order valence-corrected chi connectivity index (χ3v) is 3.30. The first-order valence-electron chi connectivity index (χ1n) is 6.21. The summed E-state index contributed by atoms with van der Waals surface area (Å²) in [5.74, 6) is 0.371. The van der Waals surface area contributed by atoms with Gasteiger partial charge in [-0.05, 0) is 49.1 Å². The normalized spacial score (nSPS) is 13.1. The molecule has 0 aliphatic heterocycles. The molecule has 1 atom stereocenters. The maximum Gasteiger partial charge on any atom is 0.124 e. The zero-order valence-electron chi connectivity index (χ0n) is 10.8. The smallest absolute Gasteiger partial charge is 0.124 e. The van der Waals surface area contributed by atoms with Crippen molar-refractivity contribution in [2.24, 2.45) is 5.92 Å². The lowest BCUT2D eigenvalue weighted by molar-refractivity contribution is 0.397. The van der Waals surface area contributed by atoms with Crippen LogP contribution in [0.4, 0.5) is 4.39 Å². The molecule has 0 aliphatic carbocycles. The summed E-state index contributed by atoms with van der Waals surface area (Å²) in [4.78, 5) is 0. The Labute approximate surface area is 112 Å². The Morgan fingerprint density at radius 3 is 2.53 bits per heavy atom. The first-order valence-corrected chi connectivity index (χ1v) is 7.00. The first-order chi connectivity index (χ1) is 8.02. The number of hydrogen-bond donors (Lipinski definition) is 1. The van der Waals surface area contributed by atoms with Crippen LogP contribution < -0.4 is 5.32 Å². The summed E-state index contributed by atoms with van der Waals surface area (Å²) >= 11 is 3.33. The molecule has 1 aromatic carbocycles. The van der Waals surface area contributed by atoms with E-state index in [0.717, 1.165) is 29.4 Å². The zero-order valence-corrected chi connectivity index (χ0v) is 12.3. The summed E-state index contributed by atoms with van der Waals surface area (Å²) in [6, 6.07) is 5.51. The molecular formula is C14H21BrFN. The maximum atomic E-state index is 13.3. The molecule has 1 rings (SSSR count).